The van der Waals surface area contributed by atoms with Gasteiger partial charge in [0.1, 0.15) is 17.2 Å². The summed E-state index contributed by atoms with van der Waals surface area (Å²) in [5, 5.41) is 2.33. The number of rotatable bonds is 5. The molecule has 3 aromatic rings. The van der Waals surface area contributed by atoms with E-state index in [1.165, 1.54) is 19.4 Å². The number of nitrogens with zero attached hydrogens (tertiary/aromatic N) is 4. The van der Waals surface area contributed by atoms with E-state index in [-0.39, 0.29) is 17.4 Å². The minimum absolute atomic E-state index is 0.0493. The first kappa shape index (κ1) is 20.1. The van der Waals surface area contributed by atoms with Crippen molar-refractivity contribution in [3.8, 4) is 5.88 Å². The van der Waals surface area contributed by atoms with Gasteiger partial charge in [-0.05, 0) is 30.9 Å². The van der Waals surface area contributed by atoms with Crippen molar-refractivity contribution in [3.05, 3.63) is 47.7 Å². The van der Waals surface area contributed by atoms with Crippen LogP contribution in [0.3, 0.4) is 0 Å². The van der Waals surface area contributed by atoms with Crippen LogP contribution in [-0.2, 0) is 17.3 Å². The number of hydrogen-bond acceptors (Lipinski definition) is 6. The normalized spacial score (nSPS) is 16.7. The molecular formula is C19H18F3N5O3. The number of methoxy groups -OCH3 is 1. The molecule has 11 heteroatoms. The zero-order chi connectivity index (χ0) is 21.3. The number of pyridine rings is 1. The second-order valence-electron chi connectivity index (χ2n) is 6.89. The van der Waals surface area contributed by atoms with Crippen LogP contribution in [0.25, 0.3) is 5.65 Å². The van der Waals surface area contributed by atoms with Crippen molar-refractivity contribution in [3.63, 3.8) is 0 Å². The molecule has 1 amide bonds. The van der Waals surface area contributed by atoms with E-state index in [0.29, 0.717) is 18.2 Å². The van der Waals surface area contributed by atoms with Gasteiger partial charge in [-0.1, -0.05) is 6.07 Å². The summed E-state index contributed by atoms with van der Waals surface area (Å²) >= 11 is 0. The second-order valence-corrected chi connectivity index (χ2v) is 6.89. The lowest BCUT2D eigenvalue weighted by Gasteiger charge is -2.09. The van der Waals surface area contributed by atoms with Crippen molar-refractivity contribution < 1.29 is 27.4 Å². The highest BCUT2D eigenvalue weighted by atomic mass is 19.4. The fraction of sp³-hybridized carbons (Fsp3) is 0.368. The summed E-state index contributed by atoms with van der Waals surface area (Å²) in [4.78, 5) is 24.7. The fourth-order valence-corrected chi connectivity index (χ4v) is 3.25. The van der Waals surface area contributed by atoms with Gasteiger partial charge < -0.3 is 14.8 Å². The third kappa shape index (κ3) is 4.20. The SMILES string of the molecule is COc1nc(C(=O)Nc2cccc(C(F)(F)F)n2)cn2cc(C[C@H]3CCOC3)nc12. The molecule has 0 spiro atoms. The maximum absolute atomic E-state index is 12.8. The van der Waals surface area contributed by atoms with E-state index in [1.807, 2.05) is 0 Å². The molecule has 0 aliphatic carbocycles. The summed E-state index contributed by atoms with van der Waals surface area (Å²) in [7, 11) is 1.40. The lowest BCUT2D eigenvalue weighted by atomic mass is 10.0. The monoisotopic (exact) mass is 421 g/mol. The van der Waals surface area contributed by atoms with Gasteiger partial charge in [0, 0.05) is 25.6 Å². The largest absolute Gasteiger partial charge is 0.478 e. The zero-order valence-electron chi connectivity index (χ0n) is 15.9. The number of ether oxygens (including phenoxy) is 2. The molecule has 158 valence electrons. The van der Waals surface area contributed by atoms with Crippen molar-refractivity contribution in [2.75, 3.05) is 25.6 Å². The van der Waals surface area contributed by atoms with Gasteiger partial charge in [0.05, 0.1) is 12.8 Å². The van der Waals surface area contributed by atoms with Crippen LogP contribution in [0.4, 0.5) is 19.0 Å². The summed E-state index contributed by atoms with van der Waals surface area (Å²) in [5.74, 6) is -0.443. The fourth-order valence-electron chi connectivity index (χ4n) is 3.25. The van der Waals surface area contributed by atoms with Gasteiger partial charge in [-0.3, -0.25) is 9.20 Å². The van der Waals surface area contributed by atoms with Gasteiger partial charge in [-0.25, -0.2) is 15.0 Å². The lowest BCUT2D eigenvalue weighted by molar-refractivity contribution is -0.141. The molecular weight excluding hydrogens is 403 g/mol. The van der Waals surface area contributed by atoms with Gasteiger partial charge in [0.2, 0.25) is 5.65 Å². The number of nitrogens with one attached hydrogen (secondary N) is 1. The van der Waals surface area contributed by atoms with E-state index in [0.717, 1.165) is 37.3 Å². The van der Waals surface area contributed by atoms with E-state index in [2.05, 4.69) is 20.3 Å². The second kappa shape index (κ2) is 7.90. The van der Waals surface area contributed by atoms with E-state index >= 15 is 0 Å². The van der Waals surface area contributed by atoms with Crippen LogP contribution in [0.1, 0.15) is 28.3 Å². The molecule has 3 aromatic heterocycles. The molecule has 0 bridgehead atoms. The Hall–Kier alpha value is -3.21. The Bertz CT molecular complexity index is 1080. The molecule has 1 saturated heterocycles. The van der Waals surface area contributed by atoms with E-state index in [1.54, 1.807) is 10.6 Å². The molecule has 1 fully saturated rings. The Kier molecular flexibility index (Phi) is 5.29. The average Bonchev–Trinajstić information content (AvgIpc) is 3.36. The Morgan fingerprint density at radius 3 is 2.83 bits per heavy atom. The number of fused-ring (bicyclic) bond motifs is 1. The smallest absolute Gasteiger partial charge is 0.433 e. The molecule has 1 aliphatic heterocycles. The first-order chi connectivity index (χ1) is 14.3. The first-order valence-electron chi connectivity index (χ1n) is 9.19. The molecule has 1 N–H and O–H groups in total. The highest BCUT2D eigenvalue weighted by molar-refractivity contribution is 6.02. The Balaban J connectivity index is 1.59. The number of amides is 1. The minimum atomic E-state index is -4.61. The Morgan fingerprint density at radius 1 is 1.30 bits per heavy atom. The molecule has 0 aromatic carbocycles. The topological polar surface area (TPSA) is 90.6 Å². The van der Waals surface area contributed by atoms with Crippen LogP contribution < -0.4 is 10.1 Å². The summed E-state index contributed by atoms with van der Waals surface area (Å²) in [6.07, 6.45) is 0.291. The maximum Gasteiger partial charge on any atom is 0.433 e. The lowest BCUT2D eigenvalue weighted by Crippen LogP contribution is -2.17. The van der Waals surface area contributed by atoms with Gasteiger partial charge in [-0.2, -0.15) is 13.2 Å². The summed E-state index contributed by atoms with van der Waals surface area (Å²) in [5.41, 5.74) is 0.103. The number of aromatic nitrogens is 4. The Labute approximate surface area is 169 Å². The molecule has 4 rings (SSSR count). The number of hydrogen-bond donors (Lipinski definition) is 1. The highest BCUT2D eigenvalue weighted by Crippen LogP contribution is 2.28. The molecule has 30 heavy (non-hydrogen) atoms. The zero-order valence-corrected chi connectivity index (χ0v) is 15.9. The minimum Gasteiger partial charge on any atom is -0.478 e. The van der Waals surface area contributed by atoms with Crippen LogP contribution in [0.2, 0.25) is 0 Å². The standard InChI is InChI=1S/C19H18F3N5O3/c1-29-18-16-23-12(7-11-5-6-30-10-11)8-27(16)9-13(24-18)17(28)26-15-4-2-3-14(25-15)19(20,21)22/h2-4,8-9,11H,5-7,10H2,1H3,(H,25,26,28)/t11-/m1/s1. The van der Waals surface area contributed by atoms with Gasteiger partial charge in [-0.15, -0.1) is 0 Å². The van der Waals surface area contributed by atoms with Crippen molar-refractivity contribution in [2.24, 2.45) is 5.92 Å². The maximum atomic E-state index is 12.8. The van der Waals surface area contributed by atoms with Crippen molar-refractivity contribution in [1.29, 1.82) is 0 Å². The average molecular weight is 421 g/mol. The summed E-state index contributed by atoms with van der Waals surface area (Å²) in [6, 6.07) is 3.25. The van der Waals surface area contributed by atoms with Crippen molar-refractivity contribution in [1.82, 2.24) is 19.4 Å². The van der Waals surface area contributed by atoms with Crippen LogP contribution >= 0.6 is 0 Å². The van der Waals surface area contributed by atoms with E-state index in [9.17, 15) is 18.0 Å². The van der Waals surface area contributed by atoms with Gasteiger partial charge in [0.15, 0.2) is 0 Å². The number of alkyl halides is 3. The Morgan fingerprint density at radius 2 is 2.13 bits per heavy atom. The highest BCUT2D eigenvalue weighted by Gasteiger charge is 2.32. The molecule has 0 saturated carbocycles. The van der Waals surface area contributed by atoms with E-state index < -0.39 is 17.8 Å². The van der Waals surface area contributed by atoms with Crippen molar-refractivity contribution in [2.45, 2.75) is 19.0 Å². The predicted octanol–water partition coefficient (Wildman–Crippen LogP) is 2.98. The molecule has 1 atom stereocenters. The molecule has 8 nitrogen and oxygen atoms in total. The van der Waals surface area contributed by atoms with Crippen LogP contribution in [0.5, 0.6) is 5.88 Å². The van der Waals surface area contributed by atoms with Crippen LogP contribution in [-0.4, -0.2) is 45.6 Å². The number of halogens is 3. The number of carbonyl (C=O) groups is 1. The summed E-state index contributed by atoms with van der Waals surface area (Å²) in [6.45, 7) is 1.41. The number of imidazole rings is 1. The third-order valence-corrected chi connectivity index (χ3v) is 4.69. The van der Waals surface area contributed by atoms with Crippen molar-refractivity contribution >= 4 is 17.4 Å². The van der Waals surface area contributed by atoms with Crippen LogP contribution in [0.15, 0.2) is 30.6 Å². The predicted molar refractivity (Wildman–Crippen MR) is 99.4 cm³/mol. The van der Waals surface area contributed by atoms with Gasteiger partial charge >= 0.3 is 6.18 Å². The third-order valence-electron chi connectivity index (χ3n) is 4.69. The van der Waals surface area contributed by atoms with E-state index in [4.69, 9.17) is 9.47 Å². The molecule has 1 aliphatic rings. The van der Waals surface area contributed by atoms with Crippen LogP contribution in [0, 0.1) is 5.92 Å². The number of carbonyl (C=O) groups excluding carboxylic acids is 1. The molecule has 0 unspecified atom stereocenters. The summed E-state index contributed by atoms with van der Waals surface area (Å²) < 4.78 is 50.7. The first-order valence-corrected chi connectivity index (χ1v) is 9.19. The molecule has 4 heterocycles. The quantitative estimate of drug-likeness (QED) is 0.681. The number of anilines is 1. The van der Waals surface area contributed by atoms with Gasteiger partial charge in [0.25, 0.3) is 11.8 Å². The molecule has 0 radical (unpaired) electrons.